The van der Waals surface area contributed by atoms with Crippen molar-refractivity contribution < 1.29 is 14.3 Å². The highest BCUT2D eigenvalue weighted by Crippen LogP contribution is 2.36. The van der Waals surface area contributed by atoms with Crippen molar-refractivity contribution in [1.29, 1.82) is 0 Å². The van der Waals surface area contributed by atoms with Crippen LogP contribution in [0.5, 0.6) is 11.5 Å². The van der Waals surface area contributed by atoms with Crippen molar-refractivity contribution >= 4 is 56.7 Å². The summed E-state index contributed by atoms with van der Waals surface area (Å²) in [6.45, 7) is 2.26. The van der Waals surface area contributed by atoms with Crippen LogP contribution in [0, 0.1) is 3.57 Å². The van der Waals surface area contributed by atoms with Crippen molar-refractivity contribution in [3.05, 3.63) is 105 Å². The lowest BCUT2D eigenvalue weighted by Gasteiger charge is -2.15. The van der Waals surface area contributed by atoms with Crippen LogP contribution >= 0.6 is 22.6 Å². The highest BCUT2D eigenvalue weighted by Gasteiger charge is 2.28. The molecule has 174 valence electrons. The monoisotopic (exact) mass is 574 g/mol. The van der Waals surface area contributed by atoms with Gasteiger partial charge in [0, 0.05) is 0 Å². The quantitative estimate of drug-likeness (QED) is 0.187. The second-order valence-corrected chi connectivity index (χ2v) is 9.32. The third kappa shape index (κ3) is 4.66. The van der Waals surface area contributed by atoms with E-state index in [-0.39, 0.29) is 5.91 Å². The average Bonchev–Trinajstić information content (AvgIpc) is 3.16. The molecule has 0 saturated heterocycles. The summed E-state index contributed by atoms with van der Waals surface area (Å²) < 4.78 is 12.8. The maximum atomic E-state index is 13.1. The van der Waals surface area contributed by atoms with Gasteiger partial charge in [0.25, 0.3) is 5.91 Å². The van der Waals surface area contributed by atoms with E-state index in [9.17, 15) is 4.79 Å². The maximum Gasteiger partial charge on any atom is 0.280 e. The number of hydrazone groups is 1. The molecule has 4 aromatic rings. The van der Waals surface area contributed by atoms with Gasteiger partial charge in [-0.3, -0.25) is 4.79 Å². The van der Waals surface area contributed by atoms with Crippen molar-refractivity contribution in [1.82, 2.24) is 0 Å². The first-order valence-corrected chi connectivity index (χ1v) is 12.3. The number of rotatable bonds is 6. The van der Waals surface area contributed by atoms with Crippen molar-refractivity contribution in [3.8, 4) is 11.5 Å². The molecule has 0 radical (unpaired) electrons. The minimum Gasteiger partial charge on any atom is -0.493 e. The zero-order valence-corrected chi connectivity index (χ0v) is 21.5. The number of hydrogen-bond acceptors (Lipinski definition) is 4. The summed E-state index contributed by atoms with van der Waals surface area (Å²) in [7, 11) is 1.62. The number of benzene rings is 4. The van der Waals surface area contributed by atoms with Crippen LogP contribution in [-0.2, 0) is 11.4 Å². The van der Waals surface area contributed by atoms with E-state index in [1.807, 2.05) is 73.7 Å². The number of anilines is 1. The third-order valence-electron chi connectivity index (χ3n) is 5.88. The summed E-state index contributed by atoms with van der Waals surface area (Å²) in [5.74, 6) is 1.14. The Bertz CT molecular complexity index is 1470. The fourth-order valence-corrected chi connectivity index (χ4v) is 4.91. The van der Waals surface area contributed by atoms with Gasteiger partial charge in [-0.15, -0.1) is 0 Å². The molecule has 0 fully saturated rings. The van der Waals surface area contributed by atoms with Crippen LogP contribution in [0.15, 0.2) is 95.6 Å². The van der Waals surface area contributed by atoms with Gasteiger partial charge in [-0.25, -0.2) is 0 Å². The number of carbonyl (C=O) groups is 1. The first-order valence-electron chi connectivity index (χ1n) is 11.2. The van der Waals surface area contributed by atoms with Gasteiger partial charge in [0.05, 0.1) is 27.7 Å². The molecule has 5 nitrogen and oxygen atoms in total. The molecular weight excluding hydrogens is 551 g/mol. The summed E-state index contributed by atoms with van der Waals surface area (Å²) in [5.41, 5.74) is 3.91. The number of para-hydroxylation sites is 1. The van der Waals surface area contributed by atoms with E-state index in [1.165, 1.54) is 15.8 Å². The predicted molar refractivity (Wildman–Crippen MR) is 149 cm³/mol. The summed E-state index contributed by atoms with van der Waals surface area (Å²) in [4.78, 5) is 13.1. The zero-order chi connectivity index (χ0) is 24.4. The smallest absolute Gasteiger partial charge is 0.280 e. The van der Waals surface area contributed by atoms with Crippen molar-refractivity contribution in [2.24, 2.45) is 5.10 Å². The molecule has 1 aliphatic heterocycles. The van der Waals surface area contributed by atoms with Crippen LogP contribution in [0.4, 0.5) is 5.69 Å². The number of amides is 1. The van der Waals surface area contributed by atoms with E-state index in [4.69, 9.17) is 9.47 Å². The Balaban J connectivity index is 1.42. The maximum absolute atomic E-state index is 13.1. The normalized spacial score (nSPS) is 14.5. The molecule has 0 saturated carbocycles. The predicted octanol–water partition coefficient (Wildman–Crippen LogP) is 6.84. The molecule has 0 N–H and O–H groups in total. The lowest BCUT2D eigenvalue weighted by atomic mass is 10.1. The Kier molecular flexibility index (Phi) is 6.55. The van der Waals surface area contributed by atoms with E-state index >= 15 is 0 Å². The Hall–Kier alpha value is -3.65. The molecule has 0 aromatic heterocycles. The fourth-order valence-electron chi connectivity index (χ4n) is 4.13. The molecule has 6 heteroatoms. The van der Waals surface area contributed by atoms with Crippen molar-refractivity contribution in [2.75, 3.05) is 12.1 Å². The van der Waals surface area contributed by atoms with Crippen LogP contribution in [0.1, 0.15) is 18.1 Å². The Labute approximate surface area is 217 Å². The van der Waals surface area contributed by atoms with E-state index in [0.717, 1.165) is 20.4 Å². The van der Waals surface area contributed by atoms with Crippen LogP contribution in [0.25, 0.3) is 16.8 Å². The minimum absolute atomic E-state index is 0.154. The summed E-state index contributed by atoms with van der Waals surface area (Å²) in [5, 5.41) is 8.25. The Morgan fingerprint density at radius 2 is 1.71 bits per heavy atom. The summed E-state index contributed by atoms with van der Waals surface area (Å²) in [6.07, 6.45) is 1.85. The summed E-state index contributed by atoms with van der Waals surface area (Å²) in [6, 6.07) is 27.8. The molecular formula is C29H23IN2O3. The van der Waals surface area contributed by atoms with Gasteiger partial charge in [0.2, 0.25) is 0 Å². The number of nitrogens with zero attached hydrogens (tertiary/aromatic N) is 2. The molecule has 0 unspecified atom stereocenters. The third-order valence-corrected chi connectivity index (χ3v) is 6.68. The number of fused-ring (bicyclic) bond motifs is 1. The van der Waals surface area contributed by atoms with Crippen LogP contribution < -0.4 is 14.5 Å². The van der Waals surface area contributed by atoms with Gasteiger partial charge < -0.3 is 9.47 Å². The van der Waals surface area contributed by atoms with E-state index in [2.05, 4.69) is 52.0 Å². The number of carbonyl (C=O) groups excluding carboxylic acids is 1. The van der Waals surface area contributed by atoms with E-state index in [0.29, 0.717) is 29.4 Å². The highest BCUT2D eigenvalue weighted by molar-refractivity contribution is 14.1. The Morgan fingerprint density at radius 3 is 2.51 bits per heavy atom. The van der Waals surface area contributed by atoms with Gasteiger partial charge in [-0.05, 0) is 81.8 Å². The number of methoxy groups -OCH3 is 1. The average molecular weight is 574 g/mol. The minimum atomic E-state index is -0.154. The molecule has 0 bridgehead atoms. The lowest BCUT2D eigenvalue weighted by Crippen LogP contribution is -2.21. The van der Waals surface area contributed by atoms with Gasteiger partial charge >= 0.3 is 0 Å². The van der Waals surface area contributed by atoms with Gasteiger partial charge in [-0.1, -0.05) is 60.7 Å². The zero-order valence-electron chi connectivity index (χ0n) is 19.4. The molecule has 0 aliphatic carbocycles. The SMILES string of the molecule is COc1cc(/C=C2/C(=O)N(c3ccccc3)N=C2C)cc(I)c1OCc1cccc2ccccc12. The van der Waals surface area contributed by atoms with Gasteiger partial charge in [0.1, 0.15) is 6.61 Å². The molecule has 1 aliphatic rings. The standard InChI is InChI=1S/C29H23IN2O3/c1-19-25(29(33)32(31-19)23-12-4-3-5-13-23)15-20-16-26(30)28(27(17-20)34-2)35-18-22-11-8-10-21-9-6-7-14-24(21)22/h3-17H,18H2,1-2H3/b25-15+. The molecule has 0 atom stereocenters. The van der Waals surface area contributed by atoms with E-state index in [1.54, 1.807) is 7.11 Å². The second-order valence-electron chi connectivity index (χ2n) is 8.16. The Morgan fingerprint density at radius 1 is 0.971 bits per heavy atom. The first kappa shape index (κ1) is 23.1. The molecule has 1 heterocycles. The van der Waals surface area contributed by atoms with Crippen LogP contribution in [0.2, 0.25) is 0 Å². The second kappa shape index (κ2) is 9.92. The largest absolute Gasteiger partial charge is 0.493 e. The molecule has 0 spiro atoms. The highest BCUT2D eigenvalue weighted by atomic mass is 127. The van der Waals surface area contributed by atoms with Gasteiger partial charge in [0.15, 0.2) is 11.5 Å². The van der Waals surface area contributed by atoms with Crippen LogP contribution in [0.3, 0.4) is 0 Å². The lowest BCUT2D eigenvalue weighted by molar-refractivity contribution is -0.114. The fraction of sp³-hybridized carbons (Fsp3) is 0.103. The molecule has 5 rings (SSSR count). The topological polar surface area (TPSA) is 51.1 Å². The number of hydrogen-bond donors (Lipinski definition) is 0. The molecule has 1 amide bonds. The van der Waals surface area contributed by atoms with E-state index < -0.39 is 0 Å². The van der Waals surface area contributed by atoms with Crippen molar-refractivity contribution in [3.63, 3.8) is 0 Å². The summed E-state index contributed by atoms with van der Waals surface area (Å²) >= 11 is 2.25. The first-order chi connectivity index (χ1) is 17.0. The number of halogens is 1. The number of ether oxygens (including phenoxy) is 2. The van der Waals surface area contributed by atoms with Crippen molar-refractivity contribution in [2.45, 2.75) is 13.5 Å². The van der Waals surface area contributed by atoms with Gasteiger partial charge in [-0.2, -0.15) is 10.1 Å². The van der Waals surface area contributed by atoms with Crippen LogP contribution in [-0.4, -0.2) is 18.7 Å². The molecule has 35 heavy (non-hydrogen) atoms. The molecule has 4 aromatic carbocycles.